The summed E-state index contributed by atoms with van der Waals surface area (Å²) >= 11 is 0. The van der Waals surface area contributed by atoms with Crippen molar-refractivity contribution in [2.24, 2.45) is 0 Å². The van der Waals surface area contributed by atoms with Gasteiger partial charge in [0.25, 0.3) is 5.91 Å². The number of hydrogen-bond donors (Lipinski definition) is 0. The average Bonchev–Trinajstić information content (AvgIpc) is 2.66. The minimum absolute atomic E-state index is 0.0518. The van der Waals surface area contributed by atoms with E-state index in [2.05, 4.69) is 0 Å². The Morgan fingerprint density at radius 3 is 2.28 bits per heavy atom. The molecule has 1 aliphatic heterocycles. The topological polar surface area (TPSA) is 59.1 Å². The molecule has 1 aliphatic rings. The first-order valence-corrected chi connectivity index (χ1v) is 8.49. The molecule has 0 aromatic heterocycles. The van der Waals surface area contributed by atoms with Crippen LogP contribution in [0.1, 0.15) is 30.6 Å². The molecule has 1 heterocycles. The van der Waals surface area contributed by atoms with Gasteiger partial charge in [-0.15, -0.1) is 0 Å². The number of allylic oxidation sites excluding steroid dienone is 1. The van der Waals surface area contributed by atoms with E-state index < -0.39 is 0 Å². The van der Waals surface area contributed by atoms with Gasteiger partial charge >= 0.3 is 0 Å². The molecule has 0 atom stereocenters. The van der Waals surface area contributed by atoms with Gasteiger partial charge in [0.2, 0.25) is 5.91 Å². The Kier molecular flexibility index (Phi) is 6.44. The van der Waals surface area contributed by atoms with Crippen molar-refractivity contribution < 1.29 is 19.1 Å². The molecule has 0 bridgehead atoms. The van der Waals surface area contributed by atoms with Gasteiger partial charge < -0.3 is 19.3 Å². The van der Waals surface area contributed by atoms with Crippen LogP contribution in [0.25, 0.3) is 0 Å². The lowest BCUT2D eigenvalue weighted by Gasteiger charge is -2.35. The molecular weight excluding hydrogens is 320 g/mol. The summed E-state index contributed by atoms with van der Waals surface area (Å²) in [5, 5.41) is 0. The molecule has 2 amide bonds. The van der Waals surface area contributed by atoms with Crippen molar-refractivity contribution >= 4 is 11.8 Å². The summed E-state index contributed by atoms with van der Waals surface area (Å²) in [6, 6.07) is 5.16. The molecule has 25 heavy (non-hydrogen) atoms. The highest BCUT2D eigenvalue weighted by molar-refractivity contribution is 5.97. The highest BCUT2D eigenvalue weighted by Gasteiger charge is 2.26. The summed E-state index contributed by atoms with van der Waals surface area (Å²) in [6.45, 7) is 5.95. The minimum atomic E-state index is -0.0903. The van der Waals surface area contributed by atoms with E-state index in [-0.39, 0.29) is 11.8 Å². The van der Waals surface area contributed by atoms with E-state index in [0.29, 0.717) is 43.2 Å². The number of carbonyl (C=O) groups is 2. The second-order valence-corrected chi connectivity index (χ2v) is 5.95. The van der Waals surface area contributed by atoms with Gasteiger partial charge in [0.05, 0.1) is 19.8 Å². The zero-order valence-electron chi connectivity index (χ0n) is 15.4. The number of amides is 2. The van der Waals surface area contributed by atoms with Gasteiger partial charge in [0.1, 0.15) is 11.5 Å². The predicted octanol–water partition coefficient (Wildman–Crippen LogP) is 2.34. The van der Waals surface area contributed by atoms with E-state index in [4.69, 9.17) is 9.47 Å². The van der Waals surface area contributed by atoms with Crippen LogP contribution in [0.4, 0.5) is 0 Å². The van der Waals surface area contributed by atoms with Crippen molar-refractivity contribution in [1.82, 2.24) is 9.80 Å². The lowest BCUT2D eigenvalue weighted by molar-refractivity contribution is -0.128. The number of ether oxygens (including phenoxy) is 2. The van der Waals surface area contributed by atoms with Gasteiger partial charge in [-0.1, -0.05) is 13.0 Å². The van der Waals surface area contributed by atoms with E-state index in [9.17, 15) is 9.59 Å². The van der Waals surface area contributed by atoms with Crippen molar-refractivity contribution in [1.29, 1.82) is 0 Å². The van der Waals surface area contributed by atoms with Crippen LogP contribution in [-0.2, 0) is 4.79 Å². The zero-order valence-corrected chi connectivity index (χ0v) is 15.4. The van der Waals surface area contributed by atoms with Crippen LogP contribution in [0.15, 0.2) is 29.8 Å². The predicted molar refractivity (Wildman–Crippen MR) is 96.1 cm³/mol. The SMILES string of the molecule is CC/C=C(/C)C(=O)N1CCN(C(=O)c2ccc(OC)cc2OC)CC1. The molecule has 0 saturated carbocycles. The van der Waals surface area contributed by atoms with Crippen molar-refractivity contribution in [3.63, 3.8) is 0 Å². The van der Waals surface area contributed by atoms with Crippen molar-refractivity contribution in [3.8, 4) is 11.5 Å². The fourth-order valence-corrected chi connectivity index (χ4v) is 2.90. The fraction of sp³-hybridized carbons (Fsp3) is 0.474. The average molecular weight is 346 g/mol. The largest absolute Gasteiger partial charge is 0.497 e. The van der Waals surface area contributed by atoms with E-state index in [1.807, 2.05) is 19.9 Å². The number of hydrogen-bond acceptors (Lipinski definition) is 4. The first-order chi connectivity index (χ1) is 12.0. The van der Waals surface area contributed by atoms with Crippen LogP contribution in [0.2, 0.25) is 0 Å². The summed E-state index contributed by atoms with van der Waals surface area (Å²) in [6.07, 6.45) is 2.77. The molecule has 6 nitrogen and oxygen atoms in total. The van der Waals surface area contributed by atoms with Crippen LogP contribution >= 0.6 is 0 Å². The van der Waals surface area contributed by atoms with E-state index >= 15 is 0 Å². The first-order valence-electron chi connectivity index (χ1n) is 8.49. The van der Waals surface area contributed by atoms with Crippen molar-refractivity contribution in [2.45, 2.75) is 20.3 Å². The quantitative estimate of drug-likeness (QED) is 0.768. The second kappa shape index (κ2) is 8.55. The molecule has 0 aliphatic carbocycles. The molecule has 0 radical (unpaired) electrons. The van der Waals surface area contributed by atoms with E-state index in [0.717, 1.165) is 12.0 Å². The maximum Gasteiger partial charge on any atom is 0.257 e. The molecule has 136 valence electrons. The highest BCUT2D eigenvalue weighted by atomic mass is 16.5. The monoisotopic (exact) mass is 346 g/mol. The number of benzene rings is 1. The summed E-state index contributed by atoms with van der Waals surface area (Å²) in [5.41, 5.74) is 1.27. The lowest BCUT2D eigenvalue weighted by atomic mass is 10.1. The standard InChI is InChI=1S/C19H26N2O4/c1-5-6-14(2)18(22)20-9-11-21(12-10-20)19(23)16-8-7-15(24-3)13-17(16)25-4/h6-8,13H,5,9-12H2,1-4H3/b14-6-. The van der Waals surface area contributed by atoms with Crippen LogP contribution in [-0.4, -0.2) is 62.0 Å². The summed E-state index contributed by atoms with van der Waals surface area (Å²) in [7, 11) is 3.10. The van der Waals surface area contributed by atoms with E-state index in [1.165, 1.54) is 7.11 Å². The van der Waals surface area contributed by atoms with Crippen LogP contribution in [0.5, 0.6) is 11.5 Å². The maximum atomic E-state index is 12.8. The normalized spacial score (nSPS) is 15.1. The molecule has 0 unspecified atom stereocenters. The van der Waals surface area contributed by atoms with Crippen LogP contribution < -0.4 is 9.47 Å². The van der Waals surface area contributed by atoms with Gasteiger partial charge in [-0.25, -0.2) is 0 Å². The number of nitrogens with zero attached hydrogens (tertiary/aromatic N) is 2. The molecule has 1 saturated heterocycles. The van der Waals surface area contributed by atoms with Gasteiger partial charge in [-0.05, 0) is 25.5 Å². The molecule has 0 N–H and O–H groups in total. The second-order valence-electron chi connectivity index (χ2n) is 5.95. The number of piperazine rings is 1. The summed E-state index contributed by atoms with van der Waals surface area (Å²) in [4.78, 5) is 28.7. The first kappa shape index (κ1) is 18.8. The minimum Gasteiger partial charge on any atom is -0.497 e. The van der Waals surface area contributed by atoms with Gasteiger partial charge in [-0.2, -0.15) is 0 Å². The Labute approximate surface area is 149 Å². The van der Waals surface area contributed by atoms with Crippen molar-refractivity contribution in [2.75, 3.05) is 40.4 Å². The number of carbonyl (C=O) groups excluding carboxylic acids is 2. The third-order valence-corrected chi connectivity index (χ3v) is 4.34. The smallest absolute Gasteiger partial charge is 0.257 e. The maximum absolute atomic E-state index is 12.8. The molecule has 0 spiro atoms. The Balaban J connectivity index is 2.04. The fourth-order valence-electron chi connectivity index (χ4n) is 2.90. The number of methoxy groups -OCH3 is 2. The highest BCUT2D eigenvalue weighted by Crippen LogP contribution is 2.26. The summed E-state index contributed by atoms with van der Waals surface area (Å²) in [5.74, 6) is 1.09. The third-order valence-electron chi connectivity index (χ3n) is 4.34. The van der Waals surface area contributed by atoms with Crippen molar-refractivity contribution in [3.05, 3.63) is 35.4 Å². The molecule has 1 aromatic rings. The Morgan fingerprint density at radius 2 is 1.72 bits per heavy atom. The van der Waals surface area contributed by atoms with Gasteiger partial charge in [-0.3, -0.25) is 9.59 Å². The third kappa shape index (κ3) is 4.32. The summed E-state index contributed by atoms with van der Waals surface area (Å²) < 4.78 is 10.5. The number of rotatable bonds is 5. The molecular formula is C19H26N2O4. The molecule has 6 heteroatoms. The Hall–Kier alpha value is -2.50. The molecule has 1 fully saturated rings. The Morgan fingerprint density at radius 1 is 1.08 bits per heavy atom. The zero-order chi connectivity index (χ0) is 18.4. The molecule has 1 aromatic carbocycles. The lowest BCUT2D eigenvalue weighted by Crippen LogP contribution is -2.50. The molecule has 2 rings (SSSR count). The van der Waals surface area contributed by atoms with Gasteiger partial charge in [0, 0.05) is 37.8 Å². The van der Waals surface area contributed by atoms with E-state index in [1.54, 1.807) is 35.1 Å². The Bertz CT molecular complexity index is 661. The van der Waals surface area contributed by atoms with Crippen LogP contribution in [0, 0.1) is 0 Å². The van der Waals surface area contributed by atoms with Crippen LogP contribution in [0.3, 0.4) is 0 Å². The van der Waals surface area contributed by atoms with Gasteiger partial charge in [0.15, 0.2) is 0 Å².